The molecule has 270 valence electrons. The van der Waals surface area contributed by atoms with Gasteiger partial charge in [-0.25, -0.2) is 4.39 Å². The van der Waals surface area contributed by atoms with Gasteiger partial charge in [0.25, 0.3) is 8.32 Å². The molecule has 1 unspecified atom stereocenters. The molecule has 9 heteroatoms. The number of carboxylic acids is 1. The van der Waals surface area contributed by atoms with Crippen LogP contribution in [-0.4, -0.2) is 43.2 Å². The van der Waals surface area contributed by atoms with Gasteiger partial charge in [-0.05, 0) is 54.7 Å². The fourth-order valence-electron chi connectivity index (χ4n) is 7.34. The van der Waals surface area contributed by atoms with Crippen molar-refractivity contribution in [1.29, 1.82) is 0 Å². The maximum atomic E-state index is 14.1. The normalized spacial score (nSPS) is 13.2. The maximum Gasteiger partial charge on any atom is 0.511 e. The Labute approximate surface area is 313 Å². The number of aromatic nitrogens is 1. The number of hydrogen-bond acceptors (Lipinski definition) is 5. The molecular formula is C44H44FNO5PSi+. The van der Waals surface area contributed by atoms with Crippen molar-refractivity contribution in [1.82, 2.24) is 4.98 Å². The maximum absolute atomic E-state index is 14.1. The fourth-order valence-corrected chi connectivity index (χ4v) is 13.0. The molecule has 1 N–H and O–H groups in total. The molecule has 6 nitrogen and oxygen atoms in total. The first kappa shape index (κ1) is 38.0. The highest BCUT2D eigenvalue weighted by atomic mass is 31.1. The number of pyridine rings is 1. The average Bonchev–Trinajstić information content (AvgIpc) is 3.50. The van der Waals surface area contributed by atoms with Crippen molar-refractivity contribution in [3.63, 3.8) is 0 Å². The van der Waals surface area contributed by atoms with Crippen LogP contribution in [0.3, 0.4) is 0 Å². The Hall–Kier alpha value is -4.77. The summed E-state index contributed by atoms with van der Waals surface area (Å²) in [5.74, 6) is 5.04. The summed E-state index contributed by atoms with van der Waals surface area (Å²) in [6.07, 6.45) is -0.639. The van der Waals surface area contributed by atoms with Gasteiger partial charge in [-0.2, -0.15) is 0 Å². The van der Waals surface area contributed by atoms with Gasteiger partial charge in [0.15, 0.2) is 6.61 Å². The van der Waals surface area contributed by atoms with E-state index in [2.05, 4.69) is 58.6 Å². The fraction of sp³-hybridized carbons (Fsp3) is 0.273. The molecule has 0 amide bonds. The third-order valence-electron chi connectivity index (χ3n) is 9.65. The minimum Gasteiger partial charge on any atom is -0.481 e. The van der Waals surface area contributed by atoms with Crippen LogP contribution in [0, 0.1) is 17.7 Å². The number of hydrogen-bond donors (Lipinski definition) is 1. The van der Waals surface area contributed by atoms with Crippen LogP contribution < -0.4 is 10.4 Å². The van der Waals surface area contributed by atoms with Gasteiger partial charge in [0.1, 0.15) is 11.9 Å². The Morgan fingerprint density at radius 2 is 1.53 bits per heavy atom. The van der Waals surface area contributed by atoms with Crippen LogP contribution in [0.2, 0.25) is 5.04 Å². The molecule has 0 aliphatic heterocycles. The number of nitrogens with zero attached hydrogens (tertiary/aromatic N) is 1. The molecule has 6 rings (SSSR count). The highest BCUT2D eigenvalue weighted by Gasteiger charge is 2.52. The highest BCUT2D eigenvalue weighted by molar-refractivity contribution is 7.39. The predicted molar refractivity (Wildman–Crippen MR) is 212 cm³/mol. The van der Waals surface area contributed by atoms with E-state index in [9.17, 15) is 18.9 Å². The number of rotatable bonds is 12. The van der Waals surface area contributed by atoms with Gasteiger partial charge in [0, 0.05) is 17.5 Å². The Bertz CT molecular complexity index is 2130. The summed E-state index contributed by atoms with van der Waals surface area (Å²) in [5.41, 5.74) is 7.51. The smallest absolute Gasteiger partial charge is 0.481 e. The van der Waals surface area contributed by atoms with Gasteiger partial charge in [-0.3, -0.25) is 9.78 Å². The van der Waals surface area contributed by atoms with Crippen LogP contribution in [0.25, 0.3) is 22.4 Å². The minimum atomic E-state index is -3.13. The molecule has 0 radical (unpaired) electrons. The van der Waals surface area contributed by atoms with E-state index in [1.165, 1.54) is 17.7 Å². The van der Waals surface area contributed by atoms with Crippen molar-refractivity contribution >= 4 is 32.7 Å². The number of aliphatic carboxylic acids is 1. The zero-order valence-corrected chi connectivity index (χ0v) is 32.6. The van der Waals surface area contributed by atoms with Crippen molar-refractivity contribution < 1.29 is 27.8 Å². The molecule has 0 saturated carbocycles. The van der Waals surface area contributed by atoms with E-state index < -0.39 is 33.5 Å². The van der Waals surface area contributed by atoms with Crippen molar-refractivity contribution in [3.05, 3.63) is 137 Å². The summed E-state index contributed by atoms with van der Waals surface area (Å²) in [7, 11) is -5.47. The quantitative estimate of drug-likeness (QED) is 0.0765. The molecule has 0 saturated heterocycles. The Balaban J connectivity index is 1.30. The van der Waals surface area contributed by atoms with Crippen LogP contribution in [0.15, 0.2) is 109 Å². The second kappa shape index (κ2) is 16.1. The van der Waals surface area contributed by atoms with Gasteiger partial charge in [-0.15, -0.1) is 4.52 Å². The summed E-state index contributed by atoms with van der Waals surface area (Å²) in [5, 5.41) is 11.6. The number of benzene rings is 4. The largest absolute Gasteiger partial charge is 0.511 e. The van der Waals surface area contributed by atoms with Gasteiger partial charge in [-0.1, -0.05) is 144 Å². The monoisotopic (exact) mass is 744 g/mol. The molecule has 1 aliphatic carbocycles. The van der Waals surface area contributed by atoms with Gasteiger partial charge < -0.3 is 9.53 Å². The standard InChI is InChI=1S/C44H43FNO5PSi/c1-30(2)42-38(41(31-22-24-33(45)25-23-31)39-27-32-15-12-13-20-37(32)43(39)46-42)21-14-26-50-52(49)29-34(28-40(47)48)51-53(44(3,4)5,35-16-8-6-9-17-35)36-18-10-7-11-19-36/h6-13,15-20,22-25,30,34H,26-29H2,1-5H3/p+1/t34-/m0/s1. The Kier molecular flexibility index (Phi) is 11.5. The lowest BCUT2D eigenvalue weighted by Gasteiger charge is -2.44. The summed E-state index contributed by atoms with van der Waals surface area (Å²) < 4.78 is 40.5. The van der Waals surface area contributed by atoms with Gasteiger partial charge >= 0.3 is 14.0 Å². The third-order valence-corrected chi connectivity index (χ3v) is 15.9. The van der Waals surface area contributed by atoms with E-state index in [1.807, 2.05) is 72.8 Å². The predicted octanol–water partition coefficient (Wildman–Crippen LogP) is 9.11. The van der Waals surface area contributed by atoms with E-state index in [0.717, 1.165) is 49.6 Å². The van der Waals surface area contributed by atoms with Crippen LogP contribution in [-0.2, 0) is 24.7 Å². The topological polar surface area (TPSA) is 85.7 Å². The number of carbonyl (C=O) groups is 1. The van der Waals surface area contributed by atoms with E-state index in [1.54, 1.807) is 12.1 Å². The molecule has 1 aliphatic rings. The average molecular weight is 745 g/mol. The highest BCUT2D eigenvalue weighted by Crippen LogP contribution is 2.44. The number of fused-ring (bicyclic) bond motifs is 3. The van der Waals surface area contributed by atoms with E-state index >= 15 is 0 Å². The van der Waals surface area contributed by atoms with Crippen LogP contribution >= 0.6 is 8.03 Å². The first-order chi connectivity index (χ1) is 25.4. The molecule has 0 fully saturated rings. The molecule has 1 heterocycles. The van der Waals surface area contributed by atoms with Crippen molar-refractivity contribution in [2.45, 2.75) is 64.5 Å². The Morgan fingerprint density at radius 1 is 0.925 bits per heavy atom. The lowest BCUT2D eigenvalue weighted by molar-refractivity contribution is -0.138. The van der Waals surface area contributed by atoms with E-state index in [0.29, 0.717) is 6.42 Å². The van der Waals surface area contributed by atoms with Crippen molar-refractivity contribution in [3.8, 4) is 34.2 Å². The SMILES string of the molecule is CC(C)c1nc2c(c(-c3ccc(F)cc3)c1C#CCO[P+](=O)C[C@H](CC(=O)O)O[Si](c1ccccc1)(c1ccccc1)C(C)(C)C)Cc1ccccc1-2. The first-order valence-corrected chi connectivity index (χ1v) is 21.1. The zero-order valence-electron chi connectivity index (χ0n) is 30.7. The van der Waals surface area contributed by atoms with Crippen molar-refractivity contribution in [2.75, 3.05) is 12.8 Å². The second-order valence-electron chi connectivity index (χ2n) is 14.7. The lowest BCUT2D eigenvalue weighted by Crippen LogP contribution is -2.68. The first-order valence-electron chi connectivity index (χ1n) is 17.9. The number of carboxylic acid groups (broad SMARTS) is 1. The van der Waals surface area contributed by atoms with E-state index in [-0.39, 0.29) is 30.9 Å². The number of halogens is 1. The van der Waals surface area contributed by atoms with Gasteiger partial charge in [0.05, 0.1) is 23.4 Å². The molecule has 0 bridgehead atoms. The van der Waals surface area contributed by atoms with Crippen molar-refractivity contribution in [2.24, 2.45) is 0 Å². The molecule has 53 heavy (non-hydrogen) atoms. The zero-order chi connectivity index (χ0) is 37.8. The minimum absolute atomic E-state index is 0.0320. The summed E-state index contributed by atoms with van der Waals surface area (Å²) in [6, 6.07) is 34.5. The lowest BCUT2D eigenvalue weighted by atomic mass is 9.89. The van der Waals surface area contributed by atoms with Gasteiger partial charge in [0.2, 0.25) is 6.16 Å². The molecule has 1 aromatic heterocycles. The van der Waals surface area contributed by atoms with Crippen LogP contribution in [0.4, 0.5) is 4.39 Å². The van der Waals surface area contributed by atoms with Crippen LogP contribution in [0.5, 0.6) is 0 Å². The molecule has 0 spiro atoms. The molecular weight excluding hydrogens is 701 g/mol. The summed E-state index contributed by atoms with van der Waals surface area (Å²) in [6.45, 7) is 10.3. The van der Waals surface area contributed by atoms with Crippen LogP contribution in [0.1, 0.15) is 69.3 Å². The van der Waals surface area contributed by atoms with E-state index in [4.69, 9.17) is 13.9 Å². The molecule has 4 aromatic carbocycles. The summed E-state index contributed by atoms with van der Waals surface area (Å²) in [4.78, 5) is 17.3. The third kappa shape index (κ3) is 8.10. The summed E-state index contributed by atoms with van der Waals surface area (Å²) >= 11 is 0. The molecule has 5 aromatic rings. The molecule has 2 atom stereocenters. The Morgan fingerprint density at radius 3 is 2.11 bits per heavy atom. The second-order valence-corrected chi connectivity index (χ2v) is 20.2.